The number of rotatable bonds is 5. The molecule has 118 valence electrons. The maximum Gasteiger partial charge on any atom is 0.198 e. The Morgan fingerprint density at radius 1 is 1.00 bits per heavy atom. The molecule has 23 heavy (non-hydrogen) atoms. The van der Waals surface area contributed by atoms with E-state index in [1.165, 1.54) is 20.3 Å². The van der Waals surface area contributed by atoms with Crippen molar-refractivity contribution < 1.29 is 13.9 Å². The fourth-order valence-corrected chi connectivity index (χ4v) is 2.41. The van der Waals surface area contributed by atoms with Crippen LogP contribution in [-0.2, 0) is 6.54 Å². The lowest BCUT2D eigenvalue weighted by atomic mass is 10.2. The summed E-state index contributed by atoms with van der Waals surface area (Å²) in [5.74, 6) is 1.34. The Hall–Kier alpha value is -2.95. The molecule has 0 aliphatic heterocycles. The van der Waals surface area contributed by atoms with E-state index in [1.54, 1.807) is 12.1 Å². The molecule has 0 saturated heterocycles. The van der Waals surface area contributed by atoms with Crippen LogP contribution < -0.4 is 20.2 Å². The monoisotopic (exact) mass is 311 g/mol. The van der Waals surface area contributed by atoms with Crippen molar-refractivity contribution in [1.82, 2.24) is 0 Å². The van der Waals surface area contributed by atoms with E-state index in [9.17, 15) is 4.79 Å². The first-order valence-electron chi connectivity index (χ1n) is 7.19. The third kappa shape index (κ3) is 2.99. The lowest BCUT2D eigenvalue weighted by molar-refractivity contribution is 0.402. The number of methoxy groups -OCH3 is 2. The summed E-state index contributed by atoms with van der Waals surface area (Å²) in [5.41, 5.74) is 1.28. The largest absolute Gasteiger partial charge is 0.496 e. The van der Waals surface area contributed by atoms with Crippen molar-refractivity contribution in [2.75, 3.05) is 19.5 Å². The van der Waals surface area contributed by atoms with Crippen LogP contribution in [0.1, 0.15) is 5.56 Å². The van der Waals surface area contributed by atoms with Crippen LogP contribution in [0.5, 0.6) is 11.5 Å². The van der Waals surface area contributed by atoms with Gasteiger partial charge in [0.15, 0.2) is 22.6 Å². The van der Waals surface area contributed by atoms with Crippen LogP contribution in [0.3, 0.4) is 0 Å². The van der Waals surface area contributed by atoms with Crippen LogP contribution in [0.25, 0.3) is 11.0 Å². The van der Waals surface area contributed by atoms with Gasteiger partial charge in [0, 0.05) is 12.6 Å². The van der Waals surface area contributed by atoms with Gasteiger partial charge in [-0.05, 0) is 17.7 Å². The Kier molecular flexibility index (Phi) is 4.19. The molecule has 3 aromatic rings. The summed E-state index contributed by atoms with van der Waals surface area (Å²) in [6.45, 7) is 0.557. The van der Waals surface area contributed by atoms with E-state index in [0.29, 0.717) is 34.9 Å². The summed E-state index contributed by atoms with van der Waals surface area (Å²) < 4.78 is 16.3. The highest BCUT2D eigenvalue weighted by atomic mass is 16.5. The molecule has 1 aromatic heterocycles. The molecule has 0 atom stereocenters. The SMILES string of the molecule is COc1ccc(OC)c2c(=O)cc(NCc3ccccc3)oc12. The molecule has 3 rings (SSSR count). The number of hydrogen-bond donors (Lipinski definition) is 1. The second-order valence-corrected chi connectivity index (χ2v) is 4.99. The Bertz CT molecular complexity index is 871. The first-order chi connectivity index (χ1) is 11.2. The minimum Gasteiger partial charge on any atom is -0.496 e. The average Bonchev–Trinajstić information content (AvgIpc) is 2.60. The second kappa shape index (κ2) is 6.44. The third-order valence-electron chi connectivity index (χ3n) is 3.55. The molecule has 1 heterocycles. The molecule has 2 aromatic carbocycles. The van der Waals surface area contributed by atoms with Gasteiger partial charge in [0.2, 0.25) is 0 Å². The van der Waals surface area contributed by atoms with E-state index in [0.717, 1.165) is 5.56 Å². The molecule has 1 N–H and O–H groups in total. The van der Waals surface area contributed by atoms with Crippen LogP contribution in [0.15, 0.2) is 57.7 Å². The molecular formula is C18H17NO4. The zero-order valence-corrected chi connectivity index (χ0v) is 13.0. The van der Waals surface area contributed by atoms with E-state index in [-0.39, 0.29) is 5.43 Å². The van der Waals surface area contributed by atoms with Gasteiger partial charge in [-0.25, -0.2) is 0 Å². The van der Waals surface area contributed by atoms with Crippen molar-refractivity contribution in [1.29, 1.82) is 0 Å². The minimum absolute atomic E-state index is 0.183. The molecule has 0 aliphatic rings. The minimum atomic E-state index is -0.183. The van der Waals surface area contributed by atoms with Gasteiger partial charge >= 0.3 is 0 Å². The van der Waals surface area contributed by atoms with Gasteiger partial charge in [-0.3, -0.25) is 4.79 Å². The van der Waals surface area contributed by atoms with E-state index in [2.05, 4.69) is 5.32 Å². The van der Waals surface area contributed by atoms with Crippen molar-refractivity contribution in [3.8, 4) is 11.5 Å². The van der Waals surface area contributed by atoms with Crippen molar-refractivity contribution in [2.45, 2.75) is 6.54 Å². The summed E-state index contributed by atoms with van der Waals surface area (Å²) >= 11 is 0. The van der Waals surface area contributed by atoms with Crippen molar-refractivity contribution in [3.05, 3.63) is 64.3 Å². The van der Waals surface area contributed by atoms with Gasteiger partial charge in [0.05, 0.1) is 14.2 Å². The van der Waals surface area contributed by atoms with Crippen molar-refractivity contribution in [3.63, 3.8) is 0 Å². The van der Waals surface area contributed by atoms with Gasteiger partial charge in [0.25, 0.3) is 0 Å². The fraction of sp³-hybridized carbons (Fsp3) is 0.167. The molecule has 5 heteroatoms. The molecule has 5 nitrogen and oxygen atoms in total. The first-order valence-corrected chi connectivity index (χ1v) is 7.19. The third-order valence-corrected chi connectivity index (χ3v) is 3.55. The predicted molar refractivity (Wildman–Crippen MR) is 89.4 cm³/mol. The summed E-state index contributed by atoms with van der Waals surface area (Å²) in [6.07, 6.45) is 0. The molecule has 0 unspecified atom stereocenters. The smallest absolute Gasteiger partial charge is 0.198 e. The molecule has 0 aliphatic carbocycles. The maximum atomic E-state index is 12.4. The van der Waals surface area contributed by atoms with Gasteiger partial charge in [0.1, 0.15) is 11.1 Å². The van der Waals surface area contributed by atoms with Gasteiger partial charge in [-0.2, -0.15) is 0 Å². The standard InChI is InChI=1S/C18H17NO4/c1-21-14-8-9-15(22-2)18-17(14)13(20)10-16(23-18)19-11-12-6-4-3-5-7-12/h3-10,19H,11H2,1-2H3. The summed E-state index contributed by atoms with van der Waals surface area (Å²) in [6, 6.07) is 14.7. The number of fused-ring (bicyclic) bond motifs is 1. The molecule has 0 amide bonds. The zero-order valence-electron chi connectivity index (χ0n) is 13.0. The average molecular weight is 311 g/mol. The predicted octanol–water partition coefficient (Wildman–Crippen LogP) is 3.42. The van der Waals surface area contributed by atoms with Crippen LogP contribution in [0.2, 0.25) is 0 Å². The Balaban J connectivity index is 2.01. The van der Waals surface area contributed by atoms with Gasteiger partial charge in [-0.15, -0.1) is 0 Å². The van der Waals surface area contributed by atoms with E-state index < -0.39 is 0 Å². The summed E-state index contributed by atoms with van der Waals surface area (Å²) in [4.78, 5) is 12.4. The fourth-order valence-electron chi connectivity index (χ4n) is 2.41. The van der Waals surface area contributed by atoms with Crippen molar-refractivity contribution in [2.24, 2.45) is 0 Å². The zero-order chi connectivity index (χ0) is 16.2. The lowest BCUT2D eigenvalue weighted by Crippen LogP contribution is -2.07. The van der Waals surface area contributed by atoms with E-state index >= 15 is 0 Å². The topological polar surface area (TPSA) is 60.7 Å². The number of benzene rings is 2. The number of hydrogen-bond acceptors (Lipinski definition) is 5. The Labute approximate surface area is 133 Å². The quantitative estimate of drug-likeness (QED) is 0.782. The van der Waals surface area contributed by atoms with Crippen LogP contribution >= 0.6 is 0 Å². The summed E-state index contributed by atoms with van der Waals surface area (Å²) in [7, 11) is 3.05. The Morgan fingerprint density at radius 2 is 1.70 bits per heavy atom. The van der Waals surface area contributed by atoms with E-state index in [4.69, 9.17) is 13.9 Å². The second-order valence-electron chi connectivity index (χ2n) is 4.99. The number of anilines is 1. The molecule has 0 radical (unpaired) electrons. The number of ether oxygens (including phenoxy) is 2. The maximum absolute atomic E-state index is 12.4. The number of nitrogens with one attached hydrogen (secondary N) is 1. The van der Waals surface area contributed by atoms with Crippen LogP contribution in [-0.4, -0.2) is 14.2 Å². The Morgan fingerprint density at radius 3 is 2.39 bits per heavy atom. The molecule has 0 bridgehead atoms. The highest BCUT2D eigenvalue weighted by Crippen LogP contribution is 2.32. The van der Waals surface area contributed by atoms with Crippen LogP contribution in [0, 0.1) is 0 Å². The van der Waals surface area contributed by atoms with Crippen molar-refractivity contribution >= 4 is 16.9 Å². The molecule has 0 fully saturated rings. The highest BCUT2D eigenvalue weighted by Gasteiger charge is 2.14. The van der Waals surface area contributed by atoms with Gasteiger partial charge < -0.3 is 19.2 Å². The highest BCUT2D eigenvalue weighted by molar-refractivity contribution is 5.89. The normalized spacial score (nSPS) is 10.5. The molecule has 0 spiro atoms. The van der Waals surface area contributed by atoms with E-state index in [1.807, 2.05) is 30.3 Å². The molecular weight excluding hydrogens is 294 g/mol. The van der Waals surface area contributed by atoms with Crippen LogP contribution in [0.4, 0.5) is 5.88 Å². The lowest BCUT2D eigenvalue weighted by Gasteiger charge is -2.11. The first kappa shape index (κ1) is 15.0. The van der Waals surface area contributed by atoms with Gasteiger partial charge in [-0.1, -0.05) is 30.3 Å². The summed E-state index contributed by atoms with van der Waals surface area (Å²) in [5, 5.41) is 3.49. The molecule has 0 saturated carbocycles.